The second-order valence-electron chi connectivity index (χ2n) is 9.37. The number of aromatic nitrogens is 1. The smallest absolute Gasteiger partial charge is 0.407 e. The number of amides is 2. The van der Waals surface area contributed by atoms with Crippen LogP contribution in [0.3, 0.4) is 0 Å². The van der Waals surface area contributed by atoms with Gasteiger partial charge in [0.15, 0.2) is 0 Å². The number of nitrogens with zero attached hydrogens (tertiary/aromatic N) is 1. The zero-order valence-electron chi connectivity index (χ0n) is 20.1. The molecule has 0 aliphatic carbocycles. The van der Waals surface area contributed by atoms with Crippen molar-refractivity contribution in [2.45, 2.75) is 66.5 Å². The minimum atomic E-state index is -0.549. The van der Waals surface area contributed by atoms with Gasteiger partial charge < -0.3 is 20.1 Å². The molecule has 7 nitrogen and oxygen atoms in total. The molecule has 0 aliphatic rings. The van der Waals surface area contributed by atoms with Crippen molar-refractivity contribution in [3.05, 3.63) is 42.1 Å². The van der Waals surface area contributed by atoms with Crippen molar-refractivity contribution in [1.29, 1.82) is 0 Å². The second kappa shape index (κ2) is 11.0. The van der Waals surface area contributed by atoms with Gasteiger partial charge in [-0.25, -0.2) is 9.78 Å². The molecule has 2 amide bonds. The molecule has 1 heterocycles. The molecule has 32 heavy (non-hydrogen) atoms. The summed E-state index contributed by atoms with van der Waals surface area (Å²) in [7, 11) is 0. The Labute approximate surface area is 190 Å². The molecule has 1 aromatic carbocycles. The zero-order valence-corrected chi connectivity index (χ0v) is 20.1. The summed E-state index contributed by atoms with van der Waals surface area (Å²) in [4.78, 5) is 27.7. The Morgan fingerprint density at radius 3 is 2.38 bits per heavy atom. The van der Waals surface area contributed by atoms with Crippen LogP contribution in [0.5, 0.6) is 5.75 Å². The quantitative estimate of drug-likeness (QED) is 0.578. The number of alkyl carbamates (subject to hydrolysis) is 1. The minimum absolute atomic E-state index is 0.162. The van der Waals surface area contributed by atoms with Gasteiger partial charge in [-0.2, -0.15) is 0 Å². The number of carbonyl (C=O) groups is 2. The summed E-state index contributed by atoms with van der Waals surface area (Å²) in [6.45, 7) is 13.5. The number of anilines is 1. The predicted octanol–water partition coefficient (Wildman–Crippen LogP) is 5.33. The molecule has 174 valence electrons. The fourth-order valence-corrected chi connectivity index (χ4v) is 3.25. The molecule has 0 aliphatic heterocycles. The fourth-order valence-electron chi connectivity index (χ4n) is 3.25. The van der Waals surface area contributed by atoms with Crippen LogP contribution in [0.15, 0.2) is 36.5 Å². The molecule has 0 saturated heterocycles. The Hall–Kier alpha value is -3.09. The van der Waals surface area contributed by atoms with E-state index in [4.69, 9.17) is 9.47 Å². The van der Waals surface area contributed by atoms with E-state index >= 15 is 0 Å². The molecule has 0 bridgehead atoms. The van der Waals surface area contributed by atoms with E-state index in [-0.39, 0.29) is 11.9 Å². The van der Waals surface area contributed by atoms with Crippen LogP contribution >= 0.6 is 0 Å². The van der Waals surface area contributed by atoms with Gasteiger partial charge in [0.05, 0.1) is 6.04 Å². The van der Waals surface area contributed by atoms with Gasteiger partial charge in [-0.3, -0.25) is 4.79 Å². The highest BCUT2D eigenvalue weighted by molar-refractivity contribution is 5.88. The van der Waals surface area contributed by atoms with Crippen LogP contribution in [0.25, 0.3) is 11.1 Å². The van der Waals surface area contributed by atoms with Crippen molar-refractivity contribution in [2.24, 2.45) is 5.92 Å². The Morgan fingerprint density at radius 2 is 1.78 bits per heavy atom. The SMILES string of the molecule is CC(=O)Nc1cc(-c2ccc(OCC(CC(C)C)NC(=O)OC(C)(C)C)c(C)c2)ccn1. The molecule has 1 atom stereocenters. The lowest BCUT2D eigenvalue weighted by Crippen LogP contribution is -2.42. The molecule has 1 aromatic heterocycles. The molecule has 1 unspecified atom stereocenters. The molecule has 2 aromatic rings. The normalized spacial score (nSPS) is 12.2. The summed E-state index contributed by atoms with van der Waals surface area (Å²) < 4.78 is 11.4. The predicted molar refractivity (Wildman–Crippen MR) is 127 cm³/mol. The highest BCUT2D eigenvalue weighted by Gasteiger charge is 2.21. The topological polar surface area (TPSA) is 89.6 Å². The minimum Gasteiger partial charge on any atom is -0.491 e. The van der Waals surface area contributed by atoms with Crippen molar-refractivity contribution in [3.8, 4) is 16.9 Å². The van der Waals surface area contributed by atoms with E-state index in [9.17, 15) is 9.59 Å². The highest BCUT2D eigenvalue weighted by atomic mass is 16.6. The van der Waals surface area contributed by atoms with Gasteiger partial charge in [0, 0.05) is 13.1 Å². The van der Waals surface area contributed by atoms with Gasteiger partial charge in [-0.05, 0) is 81.0 Å². The van der Waals surface area contributed by atoms with Crippen LogP contribution < -0.4 is 15.4 Å². The average molecular weight is 442 g/mol. The van der Waals surface area contributed by atoms with Crippen molar-refractivity contribution in [1.82, 2.24) is 10.3 Å². The zero-order chi connectivity index (χ0) is 23.9. The van der Waals surface area contributed by atoms with Gasteiger partial charge in [-0.1, -0.05) is 19.9 Å². The highest BCUT2D eigenvalue weighted by Crippen LogP contribution is 2.27. The molecule has 0 radical (unpaired) electrons. The first kappa shape index (κ1) is 25.2. The van der Waals surface area contributed by atoms with Crippen LogP contribution in [-0.4, -0.2) is 35.2 Å². The van der Waals surface area contributed by atoms with Crippen molar-refractivity contribution < 1.29 is 19.1 Å². The fraction of sp³-hybridized carbons (Fsp3) is 0.480. The summed E-state index contributed by atoms with van der Waals surface area (Å²) >= 11 is 0. The Bertz CT molecular complexity index is 935. The van der Waals surface area contributed by atoms with E-state index in [1.54, 1.807) is 6.20 Å². The second-order valence-corrected chi connectivity index (χ2v) is 9.37. The van der Waals surface area contributed by atoms with E-state index in [0.29, 0.717) is 18.3 Å². The van der Waals surface area contributed by atoms with Gasteiger partial charge in [0.2, 0.25) is 5.91 Å². The summed E-state index contributed by atoms with van der Waals surface area (Å²) in [5.74, 6) is 1.50. The van der Waals surface area contributed by atoms with Gasteiger partial charge in [0.1, 0.15) is 23.8 Å². The molecular formula is C25H35N3O4. The number of pyridine rings is 1. The monoisotopic (exact) mass is 441 g/mol. The van der Waals surface area contributed by atoms with E-state index in [2.05, 4.69) is 29.5 Å². The number of ether oxygens (including phenoxy) is 2. The molecule has 0 spiro atoms. The molecular weight excluding hydrogens is 406 g/mol. The maximum absolute atomic E-state index is 12.2. The first-order valence-electron chi connectivity index (χ1n) is 10.9. The Kier molecular flexibility index (Phi) is 8.63. The Morgan fingerprint density at radius 1 is 1.09 bits per heavy atom. The summed E-state index contributed by atoms with van der Waals surface area (Å²) in [6.07, 6.45) is 2.00. The lowest BCUT2D eigenvalue weighted by atomic mass is 10.0. The summed E-state index contributed by atoms with van der Waals surface area (Å²) in [5.41, 5.74) is 2.37. The number of benzene rings is 1. The number of nitrogens with one attached hydrogen (secondary N) is 2. The largest absolute Gasteiger partial charge is 0.491 e. The number of hydrogen-bond acceptors (Lipinski definition) is 5. The van der Waals surface area contributed by atoms with Gasteiger partial charge in [-0.15, -0.1) is 0 Å². The maximum atomic E-state index is 12.2. The number of hydrogen-bond donors (Lipinski definition) is 2. The lowest BCUT2D eigenvalue weighted by molar-refractivity contribution is -0.114. The maximum Gasteiger partial charge on any atom is 0.407 e. The molecule has 0 fully saturated rings. The average Bonchev–Trinajstić information content (AvgIpc) is 2.64. The van der Waals surface area contributed by atoms with Gasteiger partial charge in [0.25, 0.3) is 0 Å². The third kappa shape index (κ3) is 8.57. The first-order valence-corrected chi connectivity index (χ1v) is 10.9. The standard InChI is InChI=1S/C25H35N3O4/c1-16(2)12-21(28-24(30)32-25(5,6)7)15-31-22-9-8-19(13-17(22)3)20-10-11-26-23(14-20)27-18(4)29/h8-11,13-14,16,21H,12,15H2,1-7H3,(H,28,30)(H,26,27,29). The third-order valence-electron chi connectivity index (χ3n) is 4.49. The molecule has 0 saturated carbocycles. The lowest BCUT2D eigenvalue weighted by Gasteiger charge is -2.25. The summed E-state index contributed by atoms with van der Waals surface area (Å²) in [5, 5.41) is 5.63. The van der Waals surface area contributed by atoms with E-state index < -0.39 is 11.7 Å². The molecule has 2 rings (SSSR count). The Balaban J connectivity index is 2.08. The van der Waals surface area contributed by atoms with Crippen LogP contribution in [0, 0.1) is 12.8 Å². The van der Waals surface area contributed by atoms with Crippen LogP contribution in [0.4, 0.5) is 10.6 Å². The number of carbonyl (C=O) groups excluding carboxylic acids is 2. The van der Waals surface area contributed by atoms with Crippen LogP contribution in [0.1, 0.15) is 53.5 Å². The molecule has 7 heteroatoms. The summed E-state index contributed by atoms with van der Waals surface area (Å²) in [6, 6.07) is 9.48. The number of rotatable bonds is 8. The van der Waals surface area contributed by atoms with E-state index in [1.165, 1.54) is 6.92 Å². The van der Waals surface area contributed by atoms with E-state index in [1.807, 2.05) is 58.0 Å². The third-order valence-corrected chi connectivity index (χ3v) is 4.49. The first-order chi connectivity index (χ1) is 14.9. The van der Waals surface area contributed by atoms with Crippen molar-refractivity contribution in [2.75, 3.05) is 11.9 Å². The van der Waals surface area contributed by atoms with Crippen LogP contribution in [-0.2, 0) is 9.53 Å². The van der Waals surface area contributed by atoms with E-state index in [0.717, 1.165) is 28.9 Å². The van der Waals surface area contributed by atoms with Crippen molar-refractivity contribution >= 4 is 17.8 Å². The van der Waals surface area contributed by atoms with Crippen LogP contribution in [0.2, 0.25) is 0 Å². The van der Waals surface area contributed by atoms with Gasteiger partial charge >= 0.3 is 6.09 Å². The molecule has 2 N–H and O–H groups in total. The number of aryl methyl sites for hydroxylation is 1. The van der Waals surface area contributed by atoms with Crippen molar-refractivity contribution in [3.63, 3.8) is 0 Å².